The Hall–Kier alpha value is -1.26. The van der Waals surface area contributed by atoms with Crippen molar-refractivity contribution in [3.63, 3.8) is 0 Å². The number of hydrogen-bond acceptors (Lipinski definition) is 2. The van der Waals surface area contributed by atoms with E-state index < -0.39 is 5.97 Å². The minimum absolute atomic E-state index is 0.0176. The molecule has 3 unspecified atom stereocenters. The normalized spacial score (nSPS) is 32.3. The standard InChI is InChI=1S/C13H22N2O3/c1-9-4-3-7-15(9)13(18)14-11-6-2-5-10(8-11)12(16)17/h9-11H,2-8H2,1H3,(H,14,18)(H,16,17). The molecule has 2 fully saturated rings. The quantitative estimate of drug-likeness (QED) is 0.789. The van der Waals surface area contributed by atoms with Crippen molar-refractivity contribution in [1.29, 1.82) is 0 Å². The van der Waals surface area contributed by atoms with Crippen molar-refractivity contribution in [1.82, 2.24) is 10.2 Å². The lowest BCUT2D eigenvalue weighted by Gasteiger charge is -2.30. The predicted molar refractivity (Wildman–Crippen MR) is 67.3 cm³/mol. The first-order valence-corrected chi connectivity index (χ1v) is 6.88. The highest BCUT2D eigenvalue weighted by atomic mass is 16.4. The van der Waals surface area contributed by atoms with Crippen LogP contribution >= 0.6 is 0 Å². The lowest BCUT2D eigenvalue weighted by Crippen LogP contribution is -2.47. The summed E-state index contributed by atoms with van der Waals surface area (Å²) in [6, 6.07) is 0.319. The summed E-state index contributed by atoms with van der Waals surface area (Å²) in [5.74, 6) is -1.02. The molecule has 2 rings (SSSR count). The highest BCUT2D eigenvalue weighted by Crippen LogP contribution is 2.25. The fourth-order valence-electron chi connectivity index (χ4n) is 3.04. The lowest BCUT2D eigenvalue weighted by atomic mass is 9.86. The van der Waals surface area contributed by atoms with Gasteiger partial charge < -0.3 is 15.3 Å². The predicted octanol–water partition coefficient (Wildman–Crippen LogP) is 1.82. The lowest BCUT2D eigenvalue weighted by molar-refractivity contribution is -0.143. The van der Waals surface area contributed by atoms with E-state index in [1.54, 1.807) is 0 Å². The van der Waals surface area contributed by atoms with Gasteiger partial charge >= 0.3 is 12.0 Å². The summed E-state index contributed by atoms with van der Waals surface area (Å²) >= 11 is 0. The van der Waals surface area contributed by atoms with Crippen molar-refractivity contribution in [2.24, 2.45) is 5.92 Å². The molecule has 0 radical (unpaired) electrons. The number of carboxylic acids is 1. The average molecular weight is 254 g/mol. The van der Waals surface area contributed by atoms with Gasteiger partial charge in [0.05, 0.1) is 5.92 Å². The molecule has 3 atom stereocenters. The monoisotopic (exact) mass is 254 g/mol. The van der Waals surface area contributed by atoms with Gasteiger partial charge in [0, 0.05) is 18.6 Å². The number of hydrogen-bond donors (Lipinski definition) is 2. The number of nitrogens with one attached hydrogen (secondary N) is 1. The number of likely N-dealkylation sites (tertiary alicyclic amines) is 1. The van der Waals surface area contributed by atoms with Crippen molar-refractivity contribution in [3.8, 4) is 0 Å². The van der Waals surface area contributed by atoms with Crippen molar-refractivity contribution < 1.29 is 14.7 Å². The van der Waals surface area contributed by atoms with Crippen molar-refractivity contribution in [2.45, 2.75) is 57.5 Å². The largest absolute Gasteiger partial charge is 0.481 e. The summed E-state index contributed by atoms with van der Waals surface area (Å²) in [7, 11) is 0. The van der Waals surface area contributed by atoms with Gasteiger partial charge in [-0.25, -0.2) is 4.79 Å². The average Bonchev–Trinajstić information content (AvgIpc) is 2.76. The third-order valence-corrected chi connectivity index (χ3v) is 4.16. The zero-order valence-electron chi connectivity index (χ0n) is 10.9. The van der Waals surface area contributed by atoms with Crippen LogP contribution in [0, 0.1) is 5.92 Å². The van der Waals surface area contributed by atoms with E-state index in [1.807, 2.05) is 4.90 Å². The number of rotatable bonds is 2. The van der Waals surface area contributed by atoms with Gasteiger partial charge in [0.25, 0.3) is 0 Å². The molecule has 0 aromatic rings. The first kappa shape index (κ1) is 13.2. The molecule has 1 heterocycles. The number of amides is 2. The first-order valence-electron chi connectivity index (χ1n) is 6.88. The molecule has 0 aromatic heterocycles. The smallest absolute Gasteiger partial charge is 0.317 e. The van der Waals surface area contributed by atoms with E-state index >= 15 is 0 Å². The molecule has 0 spiro atoms. The molecule has 1 saturated carbocycles. The van der Waals surface area contributed by atoms with Crippen LogP contribution in [0.3, 0.4) is 0 Å². The van der Waals surface area contributed by atoms with Gasteiger partial charge in [-0.1, -0.05) is 6.42 Å². The van der Waals surface area contributed by atoms with E-state index in [4.69, 9.17) is 5.11 Å². The highest BCUT2D eigenvalue weighted by molar-refractivity contribution is 5.75. The van der Waals surface area contributed by atoms with Crippen LogP contribution < -0.4 is 5.32 Å². The Morgan fingerprint density at radius 3 is 2.61 bits per heavy atom. The van der Waals surface area contributed by atoms with Crippen molar-refractivity contribution in [3.05, 3.63) is 0 Å². The molecule has 5 nitrogen and oxygen atoms in total. The summed E-state index contributed by atoms with van der Waals surface area (Å²) in [5.41, 5.74) is 0. The van der Waals surface area contributed by atoms with Gasteiger partial charge in [-0.15, -0.1) is 0 Å². The number of nitrogens with zero attached hydrogens (tertiary/aromatic N) is 1. The van der Waals surface area contributed by atoms with Crippen LogP contribution in [0.25, 0.3) is 0 Å². The summed E-state index contributed by atoms with van der Waals surface area (Å²) in [5, 5.41) is 12.0. The fourth-order valence-corrected chi connectivity index (χ4v) is 3.04. The summed E-state index contributed by atoms with van der Waals surface area (Å²) in [6.07, 6.45) is 5.23. The van der Waals surface area contributed by atoms with Crippen molar-refractivity contribution in [2.75, 3.05) is 6.54 Å². The van der Waals surface area contributed by atoms with E-state index in [2.05, 4.69) is 12.2 Å². The number of carbonyl (C=O) groups excluding carboxylic acids is 1. The molecule has 1 aliphatic carbocycles. The van der Waals surface area contributed by atoms with Crippen LogP contribution in [0.4, 0.5) is 4.79 Å². The van der Waals surface area contributed by atoms with Gasteiger partial charge in [-0.05, 0) is 39.0 Å². The van der Waals surface area contributed by atoms with E-state index in [-0.39, 0.29) is 18.0 Å². The molecular formula is C13H22N2O3. The van der Waals surface area contributed by atoms with Crippen LogP contribution in [0.2, 0.25) is 0 Å². The molecule has 5 heteroatoms. The van der Waals surface area contributed by atoms with E-state index in [0.717, 1.165) is 38.6 Å². The molecule has 1 aliphatic heterocycles. The fraction of sp³-hybridized carbons (Fsp3) is 0.846. The third kappa shape index (κ3) is 2.94. The topological polar surface area (TPSA) is 69.6 Å². The van der Waals surface area contributed by atoms with Gasteiger partial charge in [-0.3, -0.25) is 4.79 Å². The summed E-state index contributed by atoms with van der Waals surface area (Å²) in [6.45, 7) is 2.88. The van der Waals surface area contributed by atoms with Crippen LogP contribution in [0.1, 0.15) is 45.4 Å². The van der Waals surface area contributed by atoms with Crippen molar-refractivity contribution >= 4 is 12.0 Å². The molecule has 0 aromatic carbocycles. The summed E-state index contributed by atoms with van der Waals surface area (Å²) in [4.78, 5) is 24.9. The van der Waals surface area contributed by atoms with Gasteiger partial charge in [-0.2, -0.15) is 0 Å². The Bertz CT molecular complexity index is 332. The maximum Gasteiger partial charge on any atom is 0.317 e. The first-order chi connectivity index (χ1) is 8.58. The Morgan fingerprint density at radius 1 is 1.22 bits per heavy atom. The molecule has 2 N–H and O–H groups in total. The Labute approximate surface area is 108 Å². The van der Waals surface area contributed by atoms with Gasteiger partial charge in [0.15, 0.2) is 0 Å². The maximum atomic E-state index is 12.1. The molecule has 1 saturated heterocycles. The Morgan fingerprint density at radius 2 is 2.00 bits per heavy atom. The molecule has 2 amide bonds. The Balaban J connectivity index is 1.85. The third-order valence-electron chi connectivity index (χ3n) is 4.16. The second-order valence-corrected chi connectivity index (χ2v) is 5.53. The van der Waals surface area contributed by atoms with E-state index in [1.165, 1.54) is 0 Å². The van der Waals surface area contributed by atoms with Crippen LogP contribution in [-0.4, -0.2) is 40.6 Å². The number of carbonyl (C=O) groups is 2. The van der Waals surface area contributed by atoms with E-state index in [0.29, 0.717) is 12.5 Å². The second kappa shape index (κ2) is 5.59. The maximum absolute atomic E-state index is 12.1. The second-order valence-electron chi connectivity index (χ2n) is 5.53. The number of urea groups is 1. The highest BCUT2D eigenvalue weighted by Gasteiger charge is 2.31. The van der Waals surface area contributed by atoms with Crippen LogP contribution in [0.5, 0.6) is 0 Å². The minimum atomic E-state index is -0.733. The summed E-state index contributed by atoms with van der Waals surface area (Å²) < 4.78 is 0. The minimum Gasteiger partial charge on any atom is -0.481 e. The number of carboxylic acid groups (broad SMARTS) is 1. The molecule has 2 aliphatic rings. The molecular weight excluding hydrogens is 232 g/mol. The van der Waals surface area contributed by atoms with Gasteiger partial charge in [0.2, 0.25) is 0 Å². The SMILES string of the molecule is CC1CCCN1C(=O)NC1CCCC(C(=O)O)C1. The molecule has 0 bridgehead atoms. The van der Waals surface area contributed by atoms with Gasteiger partial charge in [0.1, 0.15) is 0 Å². The van der Waals surface area contributed by atoms with E-state index in [9.17, 15) is 9.59 Å². The molecule has 102 valence electrons. The zero-order valence-corrected chi connectivity index (χ0v) is 10.9. The molecule has 18 heavy (non-hydrogen) atoms. The number of aliphatic carboxylic acids is 1. The van der Waals surface area contributed by atoms with Crippen LogP contribution in [0.15, 0.2) is 0 Å². The zero-order chi connectivity index (χ0) is 13.1. The van der Waals surface area contributed by atoms with Crippen LogP contribution in [-0.2, 0) is 4.79 Å². The Kier molecular flexibility index (Phi) is 4.09.